The van der Waals surface area contributed by atoms with Crippen LogP contribution < -0.4 is 4.90 Å². The van der Waals surface area contributed by atoms with Crippen LogP contribution in [0, 0.1) is 0 Å². The van der Waals surface area contributed by atoms with E-state index >= 15 is 0 Å². The first kappa shape index (κ1) is 23.8. The predicted molar refractivity (Wildman–Crippen MR) is 145 cm³/mol. The van der Waals surface area contributed by atoms with Gasteiger partial charge in [-0.05, 0) is 67.3 Å². The fraction of sp³-hybridized carbons (Fsp3) is 0.125. The molecule has 1 aliphatic heterocycles. The van der Waals surface area contributed by atoms with Gasteiger partial charge in [0.25, 0.3) is 0 Å². The third-order valence-corrected chi connectivity index (χ3v) is 6.12. The van der Waals surface area contributed by atoms with Crippen LogP contribution in [0.15, 0.2) is 157 Å². The largest absolute Gasteiger partial charge is 0.310 e. The van der Waals surface area contributed by atoms with Gasteiger partial charge in [-0.3, -0.25) is 0 Å². The summed E-state index contributed by atoms with van der Waals surface area (Å²) in [6.07, 6.45) is 16.6. The first-order chi connectivity index (χ1) is 16.1. The molecule has 166 valence electrons. The lowest BCUT2D eigenvalue weighted by atomic mass is 9.60. The highest BCUT2D eigenvalue weighted by Gasteiger charge is 2.48. The van der Waals surface area contributed by atoms with E-state index in [1.165, 1.54) is 16.7 Å². The molecule has 1 heteroatoms. The van der Waals surface area contributed by atoms with E-state index in [4.69, 9.17) is 0 Å². The minimum atomic E-state index is -0.553. The van der Waals surface area contributed by atoms with Crippen LogP contribution in [-0.2, 0) is 5.41 Å². The van der Waals surface area contributed by atoms with Crippen molar-refractivity contribution in [3.05, 3.63) is 163 Å². The first-order valence-corrected chi connectivity index (χ1v) is 11.3. The lowest BCUT2D eigenvalue weighted by Crippen LogP contribution is -2.43. The average Bonchev–Trinajstić information content (AvgIpc) is 2.87. The molecule has 1 nitrogen and oxygen atoms in total. The fourth-order valence-electron chi connectivity index (χ4n) is 4.95. The van der Waals surface area contributed by atoms with E-state index in [-0.39, 0.29) is 0 Å². The molecule has 1 aliphatic rings. The van der Waals surface area contributed by atoms with Gasteiger partial charge in [-0.25, -0.2) is 0 Å². The summed E-state index contributed by atoms with van der Waals surface area (Å²) in [7, 11) is 0. The second kappa shape index (κ2) is 10.7. The van der Waals surface area contributed by atoms with Crippen LogP contribution in [0.4, 0.5) is 5.69 Å². The minimum absolute atomic E-state index is 0.553. The standard InChI is InChI=1S/C32H33N/c1-7-19-25(9-3)32(26-21-15-13-16-22-26)28(10-4)30(12-6)33(27-23-17-14-18-24-27)31(20-8-2)29(32)11-5/h7-24H,2,4,6H2,1,3,5H3/b19-7-,25-9+,29-11+,31-20+. The Kier molecular flexibility index (Phi) is 7.69. The van der Waals surface area contributed by atoms with Gasteiger partial charge in [-0.15, -0.1) is 0 Å². The molecule has 3 rings (SSSR count). The third-order valence-electron chi connectivity index (χ3n) is 6.12. The zero-order valence-corrected chi connectivity index (χ0v) is 20.0. The van der Waals surface area contributed by atoms with E-state index in [1.54, 1.807) is 0 Å². The van der Waals surface area contributed by atoms with Crippen molar-refractivity contribution in [2.45, 2.75) is 26.2 Å². The molecule has 0 radical (unpaired) electrons. The van der Waals surface area contributed by atoms with Crippen LogP contribution >= 0.6 is 0 Å². The second-order valence-electron chi connectivity index (χ2n) is 7.73. The normalized spacial score (nSPS) is 21.7. The van der Waals surface area contributed by atoms with Crippen molar-refractivity contribution in [1.82, 2.24) is 0 Å². The molecule has 1 unspecified atom stereocenters. The van der Waals surface area contributed by atoms with Crippen LogP contribution in [-0.4, -0.2) is 0 Å². The SMILES string of the molecule is C=C/C=C1\C(=C/C)C(C(/C=C\C)=C/C)(c2ccccc2)C(C=C)=C(C=C)N1c1ccccc1. The summed E-state index contributed by atoms with van der Waals surface area (Å²) in [5, 5.41) is 0. The summed E-state index contributed by atoms with van der Waals surface area (Å²) in [5.74, 6) is 0. The molecule has 0 N–H and O–H groups in total. The zero-order chi connectivity index (χ0) is 23.8. The van der Waals surface area contributed by atoms with Crippen LogP contribution in [0.25, 0.3) is 0 Å². The summed E-state index contributed by atoms with van der Waals surface area (Å²) >= 11 is 0. The summed E-state index contributed by atoms with van der Waals surface area (Å²) in [6, 6.07) is 21.0. The van der Waals surface area contributed by atoms with E-state index in [9.17, 15) is 0 Å². The molecular formula is C32H33N. The topological polar surface area (TPSA) is 3.24 Å². The number of rotatable bonds is 7. The third kappa shape index (κ3) is 3.91. The highest BCUT2D eigenvalue weighted by molar-refractivity contribution is 5.79. The summed E-state index contributed by atoms with van der Waals surface area (Å²) in [6.45, 7) is 18.8. The van der Waals surface area contributed by atoms with Gasteiger partial charge < -0.3 is 4.90 Å². The number of anilines is 1. The van der Waals surface area contributed by atoms with Gasteiger partial charge in [0.2, 0.25) is 0 Å². The lowest BCUT2D eigenvalue weighted by molar-refractivity contribution is 0.688. The number of allylic oxidation sites excluding steroid dienone is 11. The smallest absolute Gasteiger partial charge is 0.0735 e. The van der Waals surface area contributed by atoms with E-state index in [2.05, 4.69) is 130 Å². The number of hydrogen-bond acceptors (Lipinski definition) is 1. The maximum Gasteiger partial charge on any atom is 0.0735 e. The summed E-state index contributed by atoms with van der Waals surface area (Å²) in [5.41, 5.74) is 7.20. The van der Waals surface area contributed by atoms with Crippen molar-refractivity contribution in [2.75, 3.05) is 4.90 Å². The van der Waals surface area contributed by atoms with Crippen LogP contribution in [0.5, 0.6) is 0 Å². The quantitative estimate of drug-likeness (QED) is 0.397. The van der Waals surface area contributed by atoms with Gasteiger partial charge in [-0.2, -0.15) is 0 Å². The van der Waals surface area contributed by atoms with E-state index in [0.717, 1.165) is 22.7 Å². The van der Waals surface area contributed by atoms with Gasteiger partial charge in [0.1, 0.15) is 0 Å². The summed E-state index contributed by atoms with van der Waals surface area (Å²) in [4.78, 5) is 2.26. The van der Waals surface area contributed by atoms with Crippen molar-refractivity contribution < 1.29 is 0 Å². The zero-order valence-electron chi connectivity index (χ0n) is 20.0. The number of benzene rings is 2. The Labute approximate surface area is 199 Å². The maximum atomic E-state index is 4.30. The van der Waals surface area contributed by atoms with Crippen LogP contribution in [0.2, 0.25) is 0 Å². The van der Waals surface area contributed by atoms with E-state index < -0.39 is 5.41 Å². The Morgan fingerprint density at radius 1 is 0.848 bits per heavy atom. The predicted octanol–water partition coefficient (Wildman–Crippen LogP) is 8.61. The lowest BCUT2D eigenvalue weighted by Gasteiger charge is -2.49. The molecule has 0 fully saturated rings. The van der Waals surface area contributed by atoms with Crippen molar-refractivity contribution in [1.29, 1.82) is 0 Å². The summed E-state index contributed by atoms with van der Waals surface area (Å²) < 4.78 is 0. The van der Waals surface area contributed by atoms with Crippen molar-refractivity contribution in [3.63, 3.8) is 0 Å². The van der Waals surface area contributed by atoms with E-state index in [0.29, 0.717) is 0 Å². The molecule has 2 aromatic rings. The first-order valence-electron chi connectivity index (χ1n) is 11.3. The number of para-hydroxylation sites is 1. The number of hydrogen-bond donors (Lipinski definition) is 0. The molecule has 0 bridgehead atoms. The Bertz CT molecular complexity index is 1170. The molecule has 2 aromatic carbocycles. The Morgan fingerprint density at radius 3 is 1.97 bits per heavy atom. The molecule has 0 spiro atoms. The van der Waals surface area contributed by atoms with Crippen molar-refractivity contribution in [2.24, 2.45) is 0 Å². The molecule has 33 heavy (non-hydrogen) atoms. The monoisotopic (exact) mass is 431 g/mol. The molecule has 0 saturated carbocycles. The Morgan fingerprint density at radius 2 is 1.48 bits per heavy atom. The molecule has 0 amide bonds. The highest BCUT2D eigenvalue weighted by Crippen LogP contribution is 2.55. The van der Waals surface area contributed by atoms with Gasteiger partial charge in [0.05, 0.1) is 16.8 Å². The molecular weight excluding hydrogens is 398 g/mol. The average molecular weight is 432 g/mol. The molecule has 1 atom stereocenters. The fourth-order valence-corrected chi connectivity index (χ4v) is 4.95. The van der Waals surface area contributed by atoms with Crippen molar-refractivity contribution >= 4 is 5.69 Å². The molecule has 0 saturated heterocycles. The maximum absolute atomic E-state index is 4.30. The van der Waals surface area contributed by atoms with Gasteiger partial charge in [-0.1, -0.05) is 105 Å². The van der Waals surface area contributed by atoms with Crippen molar-refractivity contribution in [3.8, 4) is 0 Å². The van der Waals surface area contributed by atoms with Gasteiger partial charge >= 0.3 is 0 Å². The van der Waals surface area contributed by atoms with Crippen LogP contribution in [0.3, 0.4) is 0 Å². The van der Waals surface area contributed by atoms with Gasteiger partial charge in [0, 0.05) is 5.69 Å². The molecule has 0 aromatic heterocycles. The number of nitrogens with zero attached hydrogens (tertiary/aromatic N) is 1. The van der Waals surface area contributed by atoms with Gasteiger partial charge in [0.15, 0.2) is 0 Å². The second-order valence-corrected chi connectivity index (χ2v) is 7.73. The van der Waals surface area contributed by atoms with E-state index in [1.807, 2.05) is 24.3 Å². The highest BCUT2D eigenvalue weighted by atomic mass is 15.2. The Hall–Kier alpha value is -3.84. The molecule has 1 heterocycles. The minimum Gasteiger partial charge on any atom is -0.310 e. The Balaban J connectivity index is 2.62. The van der Waals surface area contributed by atoms with Crippen LogP contribution in [0.1, 0.15) is 26.3 Å². The molecule has 0 aliphatic carbocycles.